The van der Waals surface area contributed by atoms with Gasteiger partial charge in [-0.3, -0.25) is 14.2 Å². The Kier molecular flexibility index (Phi) is 6.11. The fourth-order valence-corrected chi connectivity index (χ4v) is 3.76. The first-order valence-corrected chi connectivity index (χ1v) is 10.7. The second kappa shape index (κ2) is 9.12. The number of benzene rings is 2. The van der Waals surface area contributed by atoms with Crippen molar-refractivity contribution in [3.05, 3.63) is 71.0 Å². The number of fused-ring (bicyclic) bond motifs is 2. The van der Waals surface area contributed by atoms with Gasteiger partial charge in [-0.15, -0.1) is 0 Å². The molecule has 0 saturated heterocycles. The zero-order valence-corrected chi connectivity index (χ0v) is 17.8. The number of aromatic amines is 1. The van der Waals surface area contributed by atoms with Crippen LogP contribution >= 0.6 is 0 Å². The highest BCUT2D eigenvalue weighted by Gasteiger charge is 2.23. The number of aromatic nitrogens is 4. The number of rotatable bonds is 8. The van der Waals surface area contributed by atoms with Crippen molar-refractivity contribution in [3.8, 4) is 0 Å². The summed E-state index contributed by atoms with van der Waals surface area (Å²) in [6.07, 6.45) is 3.35. The predicted octanol–water partition coefficient (Wildman–Crippen LogP) is 3.96. The molecule has 0 saturated carbocycles. The number of H-pyrrole nitrogens is 1. The van der Waals surface area contributed by atoms with E-state index in [0.29, 0.717) is 30.3 Å². The van der Waals surface area contributed by atoms with E-state index in [9.17, 15) is 9.59 Å². The summed E-state index contributed by atoms with van der Waals surface area (Å²) in [5.41, 5.74) is 2.46. The Labute approximate surface area is 180 Å². The summed E-state index contributed by atoms with van der Waals surface area (Å²) in [5.74, 6) is 0.961. The molecule has 4 rings (SSSR count). The molecule has 0 aliphatic heterocycles. The number of nitrogens with one attached hydrogen (secondary N) is 2. The minimum Gasteiger partial charge on any atom is -0.346 e. The number of para-hydroxylation sites is 3. The molecule has 2 N–H and O–H groups in total. The summed E-state index contributed by atoms with van der Waals surface area (Å²) >= 11 is 0. The van der Waals surface area contributed by atoms with Crippen LogP contribution in [0.4, 0.5) is 0 Å². The molecule has 0 spiro atoms. The van der Waals surface area contributed by atoms with Crippen LogP contribution in [0.2, 0.25) is 0 Å². The maximum absolute atomic E-state index is 12.7. The Morgan fingerprint density at radius 1 is 1.13 bits per heavy atom. The van der Waals surface area contributed by atoms with Crippen molar-refractivity contribution in [1.29, 1.82) is 0 Å². The Balaban J connectivity index is 1.41. The highest BCUT2D eigenvalue weighted by atomic mass is 16.1. The largest absolute Gasteiger partial charge is 0.346 e. The van der Waals surface area contributed by atoms with Crippen LogP contribution in [0.3, 0.4) is 0 Å². The van der Waals surface area contributed by atoms with E-state index in [-0.39, 0.29) is 23.4 Å². The van der Waals surface area contributed by atoms with E-state index in [1.54, 1.807) is 17.0 Å². The average molecular weight is 418 g/mol. The van der Waals surface area contributed by atoms with Gasteiger partial charge in [-0.2, -0.15) is 0 Å². The van der Waals surface area contributed by atoms with E-state index in [4.69, 9.17) is 0 Å². The molecule has 7 heteroatoms. The standard InChI is InChI=1S/C24H27N5O2/c1-3-16(2)22(23-26-19-11-6-7-12-20(19)27-23)28-21(30)13-8-14-29-15-25-18-10-5-4-9-17(18)24(29)31/h4-7,9-12,15-16,22H,3,8,13-14H2,1-2H3,(H,26,27)(H,28,30)/t16-,22+/m1/s1. The van der Waals surface area contributed by atoms with E-state index < -0.39 is 0 Å². The summed E-state index contributed by atoms with van der Waals surface area (Å²) < 4.78 is 1.57. The minimum absolute atomic E-state index is 0.0486. The van der Waals surface area contributed by atoms with Crippen LogP contribution in [0.25, 0.3) is 21.9 Å². The highest BCUT2D eigenvalue weighted by molar-refractivity contribution is 5.78. The lowest BCUT2D eigenvalue weighted by molar-refractivity contribution is -0.122. The third kappa shape index (κ3) is 4.50. The van der Waals surface area contributed by atoms with Crippen molar-refractivity contribution in [3.63, 3.8) is 0 Å². The lowest BCUT2D eigenvalue weighted by Crippen LogP contribution is -2.33. The third-order valence-electron chi connectivity index (χ3n) is 5.77. The number of carbonyl (C=O) groups is 1. The molecule has 31 heavy (non-hydrogen) atoms. The van der Waals surface area contributed by atoms with Crippen LogP contribution in [0.5, 0.6) is 0 Å². The molecular weight excluding hydrogens is 390 g/mol. The minimum atomic E-state index is -0.185. The van der Waals surface area contributed by atoms with Gasteiger partial charge in [-0.05, 0) is 36.6 Å². The molecule has 0 aliphatic carbocycles. The molecule has 160 valence electrons. The van der Waals surface area contributed by atoms with Crippen LogP contribution in [-0.4, -0.2) is 25.4 Å². The molecule has 0 radical (unpaired) electrons. The molecule has 1 amide bonds. The van der Waals surface area contributed by atoms with Gasteiger partial charge in [-0.25, -0.2) is 9.97 Å². The van der Waals surface area contributed by atoms with Crippen molar-refractivity contribution in [2.45, 2.75) is 45.7 Å². The first-order chi connectivity index (χ1) is 15.1. The Hall–Kier alpha value is -3.48. The first-order valence-electron chi connectivity index (χ1n) is 10.7. The Morgan fingerprint density at radius 2 is 1.87 bits per heavy atom. The molecule has 0 unspecified atom stereocenters. The van der Waals surface area contributed by atoms with E-state index in [1.807, 2.05) is 42.5 Å². The van der Waals surface area contributed by atoms with Gasteiger partial charge in [0.1, 0.15) is 5.82 Å². The monoisotopic (exact) mass is 417 g/mol. The zero-order valence-electron chi connectivity index (χ0n) is 17.8. The number of aryl methyl sites for hydroxylation is 1. The molecule has 2 aromatic heterocycles. The fourth-order valence-electron chi connectivity index (χ4n) is 3.76. The Morgan fingerprint density at radius 3 is 2.65 bits per heavy atom. The van der Waals surface area contributed by atoms with Gasteiger partial charge >= 0.3 is 0 Å². The summed E-state index contributed by atoms with van der Waals surface area (Å²) in [7, 11) is 0. The molecule has 2 aromatic carbocycles. The molecule has 0 fully saturated rings. The maximum atomic E-state index is 12.7. The molecule has 0 aliphatic rings. The van der Waals surface area contributed by atoms with E-state index in [0.717, 1.165) is 23.3 Å². The smallest absolute Gasteiger partial charge is 0.261 e. The Bertz CT molecular complexity index is 1230. The third-order valence-corrected chi connectivity index (χ3v) is 5.77. The number of imidazole rings is 1. The second-order valence-electron chi connectivity index (χ2n) is 7.93. The molecule has 4 aromatic rings. The van der Waals surface area contributed by atoms with Crippen LogP contribution in [0, 0.1) is 5.92 Å². The molecular formula is C24H27N5O2. The second-order valence-corrected chi connectivity index (χ2v) is 7.93. The van der Waals surface area contributed by atoms with E-state index in [1.165, 1.54) is 0 Å². The summed E-state index contributed by atoms with van der Waals surface area (Å²) in [6.45, 7) is 4.66. The fraction of sp³-hybridized carbons (Fsp3) is 0.333. The van der Waals surface area contributed by atoms with Crippen molar-refractivity contribution in [2.75, 3.05) is 0 Å². The molecule has 0 bridgehead atoms. The SMILES string of the molecule is CC[C@@H](C)[C@H](NC(=O)CCCn1cnc2ccccc2c1=O)c1nc2ccccc2[nH]1. The summed E-state index contributed by atoms with van der Waals surface area (Å²) in [4.78, 5) is 37.6. The topological polar surface area (TPSA) is 92.7 Å². The van der Waals surface area contributed by atoms with Gasteiger partial charge < -0.3 is 10.3 Å². The van der Waals surface area contributed by atoms with Crippen LogP contribution in [-0.2, 0) is 11.3 Å². The van der Waals surface area contributed by atoms with Crippen LogP contribution in [0.1, 0.15) is 45.0 Å². The number of hydrogen-bond donors (Lipinski definition) is 2. The molecule has 7 nitrogen and oxygen atoms in total. The number of hydrogen-bond acceptors (Lipinski definition) is 4. The van der Waals surface area contributed by atoms with Gasteiger partial charge in [0.2, 0.25) is 5.91 Å². The van der Waals surface area contributed by atoms with E-state index >= 15 is 0 Å². The van der Waals surface area contributed by atoms with Gasteiger partial charge in [-0.1, -0.05) is 44.5 Å². The van der Waals surface area contributed by atoms with Gasteiger partial charge in [0.15, 0.2) is 0 Å². The number of amides is 1. The first kappa shape index (κ1) is 20.8. The average Bonchev–Trinajstić information content (AvgIpc) is 3.22. The maximum Gasteiger partial charge on any atom is 0.261 e. The predicted molar refractivity (Wildman–Crippen MR) is 122 cm³/mol. The molecule has 2 heterocycles. The van der Waals surface area contributed by atoms with Crippen LogP contribution in [0.15, 0.2) is 59.7 Å². The van der Waals surface area contributed by atoms with Gasteiger partial charge in [0.05, 0.1) is 34.3 Å². The van der Waals surface area contributed by atoms with Crippen molar-refractivity contribution < 1.29 is 4.79 Å². The summed E-state index contributed by atoms with van der Waals surface area (Å²) in [6, 6.07) is 15.0. The van der Waals surface area contributed by atoms with Crippen molar-refractivity contribution in [1.82, 2.24) is 24.8 Å². The normalized spacial score (nSPS) is 13.4. The van der Waals surface area contributed by atoms with Crippen LogP contribution < -0.4 is 10.9 Å². The zero-order chi connectivity index (χ0) is 21.8. The van der Waals surface area contributed by atoms with Crippen molar-refractivity contribution >= 4 is 27.8 Å². The van der Waals surface area contributed by atoms with Crippen molar-refractivity contribution in [2.24, 2.45) is 5.92 Å². The highest BCUT2D eigenvalue weighted by Crippen LogP contribution is 2.24. The number of carbonyl (C=O) groups excluding carboxylic acids is 1. The molecule has 2 atom stereocenters. The lowest BCUT2D eigenvalue weighted by atomic mass is 9.98. The lowest BCUT2D eigenvalue weighted by Gasteiger charge is -2.22. The quantitative estimate of drug-likeness (QED) is 0.454. The number of nitrogens with zero attached hydrogens (tertiary/aromatic N) is 3. The van der Waals surface area contributed by atoms with Gasteiger partial charge in [0, 0.05) is 13.0 Å². The van der Waals surface area contributed by atoms with Gasteiger partial charge in [0.25, 0.3) is 5.56 Å². The summed E-state index contributed by atoms with van der Waals surface area (Å²) in [5, 5.41) is 3.73. The van der Waals surface area contributed by atoms with E-state index in [2.05, 4.69) is 34.1 Å².